The lowest BCUT2D eigenvalue weighted by Gasteiger charge is -2.18. The maximum absolute atomic E-state index is 13.8. The van der Waals surface area contributed by atoms with Crippen molar-refractivity contribution in [3.63, 3.8) is 0 Å². The van der Waals surface area contributed by atoms with Crippen LogP contribution in [0.15, 0.2) is 35.2 Å². The fraction of sp³-hybridized carbons (Fsp3) is 0.267. The average molecular weight is 387 g/mol. The highest BCUT2D eigenvalue weighted by Gasteiger charge is 2.15. The number of anilines is 1. The molecule has 2 rings (SSSR count). The first kappa shape index (κ1) is 18.7. The highest BCUT2D eigenvalue weighted by molar-refractivity contribution is 8.01. The van der Waals surface area contributed by atoms with E-state index in [9.17, 15) is 9.18 Å². The standard InChI is InChI=1S/C15H16ClFN4OS2/c1-3-7-18-14-19-20-15(24-14)23-9-13(22)21(2)8-10-11(16)5-4-6-12(10)17/h3-6H,1,7-9H2,2H3,(H,18,19). The van der Waals surface area contributed by atoms with E-state index in [4.69, 9.17) is 11.6 Å². The molecule has 0 saturated carbocycles. The predicted octanol–water partition coefficient (Wildman–Crippen LogP) is 3.68. The molecule has 0 fully saturated rings. The molecule has 1 amide bonds. The van der Waals surface area contributed by atoms with Crippen LogP contribution in [0.5, 0.6) is 0 Å². The molecule has 0 aliphatic carbocycles. The topological polar surface area (TPSA) is 58.1 Å². The van der Waals surface area contributed by atoms with Crippen molar-refractivity contribution in [3.8, 4) is 0 Å². The minimum absolute atomic E-state index is 0.118. The first-order chi connectivity index (χ1) is 11.5. The number of carbonyl (C=O) groups is 1. The lowest BCUT2D eigenvalue weighted by Crippen LogP contribution is -2.28. The Morgan fingerprint density at radius 1 is 1.54 bits per heavy atom. The molecule has 0 radical (unpaired) electrons. The molecule has 9 heteroatoms. The van der Waals surface area contributed by atoms with Gasteiger partial charge in [0.1, 0.15) is 5.82 Å². The van der Waals surface area contributed by atoms with Crippen LogP contribution in [0.2, 0.25) is 5.02 Å². The summed E-state index contributed by atoms with van der Waals surface area (Å²) < 4.78 is 14.5. The van der Waals surface area contributed by atoms with Gasteiger partial charge in [-0.25, -0.2) is 4.39 Å². The van der Waals surface area contributed by atoms with Crippen LogP contribution >= 0.6 is 34.7 Å². The number of rotatable bonds is 8. The molecule has 0 saturated heterocycles. The summed E-state index contributed by atoms with van der Waals surface area (Å²) in [5.74, 6) is -0.370. The van der Waals surface area contributed by atoms with Gasteiger partial charge in [0, 0.05) is 30.7 Å². The van der Waals surface area contributed by atoms with Gasteiger partial charge in [-0.2, -0.15) is 0 Å². The summed E-state index contributed by atoms with van der Waals surface area (Å²) in [5, 5.41) is 12.0. The zero-order valence-electron chi connectivity index (χ0n) is 13.0. The zero-order chi connectivity index (χ0) is 17.5. The normalized spacial score (nSPS) is 10.5. The fourth-order valence-corrected chi connectivity index (χ4v) is 3.66. The molecule has 1 N–H and O–H groups in total. The summed E-state index contributed by atoms with van der Waals surface area (Å²) in [7, 11) is 1.61. The van der Waals surface area contributed by atoms with Gasteiger partial charge in [0.05, 0.1) is 5.75 Å². The van der Waals surface area contributed by atoms with Gasteiger partial charge in [-0.05, 0) is 12.1 Å². The second-order valence-corrected chi connectivity index (χ2v) is 7.39. The van der Waals surface area contributed by atoms with Gasteiger partial charge in [-0.3, -0.25) is 4.79 Å². The Hall–Kier alpha value is -1.64. The largest absolute Gasteiger partial charge is 0.357 e. The molecule has 5 nitrogen and oxygen atoms in total. The second kappa shape index (κ2) is 9.00. The number of halogens is 2. The van der Waals surface area contributed by atoms with Crippen LogP contribution < -0.4 is 5.32 Å². The quantitative estimate of drug-likeness (QED) is 0.554. The number of hydrogen-bond donors (Lipinski definition) is 1. The molecular formula is C15H16ClFN4OS2. The van der Waals surface area contributed by atoms with Crippen LogP contribution in [0.25, 0.3) is 0 Å². The third kappa shape index (κ3) is 5.19. The number of thioether (sulfide) groups is 1. The van der Waals surface area contributed by atoms with Crippen LogP contribution in [0.4, 0.5) is 9.52 Å². The summed E-state index contributed by atoms with van der Waals surface area (Å²) in [5.41, 5.74) is 0.312. The Bertz CT molecular complexity index is 705. The Morgan fingerprint density at radius 3 is 3.04 bits per heavy atom. The van der Waals surface area contributed by atoms with Gasteiger partial charge in [-0.1, -0.05) is 46.8 Å². The van der Waals surface area contributed by atoms with Crippen molar-refractivity contribution in [2.24, 2.45) is 0 Å². The molecule has 1 heterocycles. The van der Waals surface area contributed by atoms with Crippen molar-refractivity contribution in [2.45, 2.75) is 10.9 Å². The van der Waals surface area contributed by atoms with E-state index in [1.807, 2.05) is 0 Å². The molecule has 128 valence electrons. The van der Waals surface area contributed by atoms with Gasteiger partial charge >= 0.3 is 0 Å². The highest BCUT2D eigenvalue weighted by atomic mass is 35.5. The third-order valence-corrected chi connectivity index (χ3v) is 5.36. The molecule has 24 heavy (non-hydrogen) atoms. The Kier molecular flexibility index (Phi) is 7.01. The van der Waals surface area contributed by atoms with Crippen molar-refractivity contribution in [1.29, 1.82) is 0 Å². The van der Waals surface area contributed by atoms with Crippen LogP contribution in [-0.4, -0.2) is 40.3 Å². The van der Waals surface area contributed by atoms with E-state index in [2.05, 4.69) is 22.1 Å². The second-order valence-electron chi connectivity index (χ2n) is 4.78. The first-order valence-electron chi connectivity index (χ1n) is 6.99. The number of nitrogens with one attached hydrogen (secondary N) is 1. The van der Waals surface area contributed by atoms with E-state index < -0.39 is 5.82 Å². The van der Waals surface area contributed by atoms with Gasteiger partial charge in [-0.15, -0.1) is 16.8 Å². The lowest BCUT2D eigenvalue weighted by atomic mass is 10.2. The Morgan fingerprint density at radius 2 is 2.33 bits per heavy atom. The van der Waals surface area contributed by atoms with Gasteiger partial charge in [0.25, 0.3) is 0 Å². The Balaban J connectivity index is 1.87. The van der Waals surface area contributed by atoms with Crippen LogP contribution in [0.3, 0.4) is 0 Å². The number of benzene rings is 1. The van der Waals surface area contributed by atoms with E-state index in [0.29, 0.717) is 26.6 Å². The SMILES string of the molecule is C=CCNc1nnc(SCC(=O)N(C)Cc2c(F)cccc2Cl)s1. The van der Waals surface area contributed by atoms with Gasteiger partial charge in [0.2, 0.25) is 11.0 Å². The fourth-order valence-electron chi connectivity index (χ4n) is 1.74. The summed E-state index contributed by atoms with van der Waals surface area (Å²) in [6.07, 6.45) is 1.72. The maximum atomic E-state index is 13.8. The summed E-state index contributed by atoms with van der Waals surface area (Å²) in [6.45, 7) is 4.33. The molecule has 1 aromatic heterocycles. The van der Waals surface area contributed by atoms with Crippen molar-refractivity contribution in [3.05, 3.63) is 47.3 Å². The minimum Gasteiger partial charge on any atom is -0.357 e. The van der Waals surface area contributed by atoms with Gasteiger partial charge in [0.15, 0.2) is 4.34 Å². The first-order valence-corrected chi connectivity index (χ1v) is 9.17. The number of carbonyl (C=O) groups excluding carboxylic acids is 1. The molecule has 2 aromatic rings. The van der Waals surface area contributed by atoms with Crippen LogP contribution in [0.1, 0.15) is 5.56 Å². The molecule has 0 bridgehead atoms. The summed E-state index contributed by atoms with van der Waals surface area (Å²) in [4.78, 5) is 13.6. The third-order valence-electron chi connectivity index (χ3n) is 3.01. The van der Waals surface area contributed by atoms with E-state index in [1.54, 1.807) is 19.2 Å². The van der Waals surface area contributed by atoms with Crippen LogP contribution in [0, 0.1) is 5.82 Å². The lowest BCUT2D eigenvalue weighted by molar-refractivity contribution is -0.127. The smallest absolute Gasteiger partial charge is 0.233 e. The minimum atomic E-state index is -0.420. The van der Waals surface area contributed by atoms with E-state index in [1.165, 1.54) is 40.1 Å². The summed E-state index contributed by atoms with van der Waals surface area (Å²) in [6, 6.07) is 4.46. The molecule has 0 spiro atoms. The van der Waals surface area contributed by atoms with Gasteiger partial charge < -0.3 is 10.2 Å². The van der Waals surface area contributed by atoms with Crippen molar-refractivity contribution >= 4 is 45.7 Å². The number of aromatic nitrogens is 2. The number of amides is 1. The van der Waals surface area contributed by atoms with Crippen LogP contribution in [-0.2, 0) is 11.3 Å². The molecule has 1 aromatic carbocycles. The van der Waals surface area contributed by atoms with Crippen molar-refractivity contribution < 1.29 is 9.18 Å². The molecular weight excluding hydrogens is 371 g/mol. The Labute approximate surface area is 152 Å². The van der Waals surface area contributed by atoms with E-state index in [0.717, 1.165) is 0 Å². The van der Waals surface area contributed by atoms with E-state index in [-0.39, 0.29) is 18.2 Å². The zero-order valence-corrected chi connectivity index (χ0v) is 15.3. The number of nitrogens with zero attached hydrogens (tertiary/aromatic N) is 3. The van der Waals surface area contributed by atoms with E-state index >= 15 is 0 Å². The molecule has 0 unspecified atom stereocenters. The predicted molar refractivity (Wildman–Crippen MR) is 97.2 cm³/mol. The molecule has 0 atom stereocenters. The summed E-state index contributed by atoms with van der Waals surface area (Å²) >= 11 is 8.64. The molecule has 0 aliphatic heterocycles. The average Bonchev–Trinajstić information content (AvgIpc) is 3.02. The monoisotopic (exact) mass is 386 g/mol. The highest BCUT2D eigenvalue weighted by Crippen LogP contribution is 2.26. The molecule has 0 aliphatic rings. The van der Waals surface area contributed by atoms with Crippen molar-refractivity contribution in [1.82, 2.24) is 15.1 Å². The maximum Gasteiger partial charge on any atom is 0.233 e. The van der Waals surface area contributed by atoms with Crippen molar-refractivity contribution in [2.75, 3.05) is 24.7 Å². The number of hydrogen-bond acceptors (Lipinski definition) is 6.